The number of ether oxygens (including phenoxy) is 1. The molecule has 9 heteroatoms. The molecule has 0 radical (unpaired) electrons. The molecule has 4 N–H and O–H groups in total. The first-order valence-corrected chi connectivity index (χ1v) is 14.0. The highest BCUT2D eigenvalue weighted by atomic mass is 16.6. The van der Waals surface area contributed by atoms with Gasteiger partial charge in [-0.2, -0.15) is 0 Å². The number of hydrogen-bond donors (Lipinski definition) is 3. The lowest BCUT2D eigenvalue weighted by molar-refractivity contribution is -0.135. The number of aliphatic hydroxyl groups excluding tert-OH is 1. The number of nitrogens with two attached hydrogens (primary N) is 1. The molecule has 0 bridgehead atoms. The average molecular weight is 528 g/mol. The topological polar surface area (TPSA) is 111 Å². The Balaban J connectivity index is 1.50. The molecule has 210 valence electrons. The van der Waals surface area contributed by atoms with E-state index >= 15 is 0 Å². The summed E-state index contributed by atoms with van der Waals surface area (Å²) in [5.74, 6) is 0.341. The van der Waals surface area contributed by atoms with Gasteiger partial charge in [0, 0.05) is 50.9 Å². The number of aliphatic hydroxyl groups is 1. The molecule has 0 spiro atoms. The van der Waals surface area contributed by atoms with E-state index in [-0.39, 0.29) is 36.1 Å². The van der Waals surface area contributed by atoms with Crippen LogP contribution in [0.1, 0.15) is 64.3 Å². The van der Waals surface area contributed by atoms with Gasteiger partial charge in [0.25, 0.3) is 0 Å². The van der Waals surface area contributed by atoms with Crippen LogP contribution >= 0.6 is 0 Å². The lowest BCUT2D eigenvalue weighted by Gasteiger charge is -2.50. The lowest BCUT2D eigenvalue weighted by atomic mass is 9.74. The molecule has 4 rings (SSSR count). The number of benzene rings is 1. The van der Waals surface area contributed by atoms with Crippen LogP contribution in [0.15, 0.2) is 29.8 Å². The molecular formula is C29H45N5O4. The van der Waals surface area contributed by atoms with Crippen LogP contribution in [0.3, 0.4) is 0 Å². The second-order valence-electron chi connectivity index (χ2n) is 11.3. The zero-order valence-corrected chi connectivity index (χ0v) is 23.5. The fraction of sp³-hybridized carbons (Fsp3) is 0.655. The van der Waals surface area contributed by atoms with Crippen LogP contribution in [-0.2, 0) is 16.0 Å². The predicted octanol–water partition coefficient (Wildman–Crippen LogP) is 2.90. The number of nitrogens with one attached hydrogen (secondary N) is 1. The number of fused-ring (bicyclic) bond motifs is 1. The quantitative estimate of drug-likeness (QED) is 0.296. The second-order valence-corrected chi connectivity index (χ2v) is 11.3. The maximum absolute atomic E-state index is 12.8. The number of nitrogens with zero attached hydrogens (tertiary/aromatic N) is 3. The predicted molar refractivity (Wildman–Crippen MR) is 148 cm³/mol. The molecule has 0 saturated carbocycles. The fourth-order valence-corrected chi connectivity index (χ4v) is 6.43. The van der Waals surface area contributed by atoms with Crippen LogP contribution in [0, 0.1) is 5.92 Å². The molecule has 2 amide bonds. The largest absolute Gasteiger partial charge is 0.447 e. The van der Waals surface area contributed by atoms with E-state index < -0.39 is 6.23 Å². The number of anilines is 1. The first-order chi connectivity index (χ1) is 18.1. The Morgan fingerprint density at radius 3 is 2.53 bits per heavy atom. The molecule has 2 heterocycles. The first kappa shape index (κ1) is 28.4. The number of rotatable bonds is 6. The van der Waals surface area contributed by atoms with Crippen molar-refractivity contribution in [2.75, 3.05) is 39.0 Å². The van der Waals surface area contributed by atoms with Crippen LogP contribution in [0.4, 0.5) is 10.5 Å². The van der Waals surface area contributed by atoms with E-state index in [0.717, 1.165) is 49.9 Å². The van der Waals surface area contributed by atoms with E-state index in [4.69, 9.17) is 10.5 Å². The molecule has 38 heavy (non-hydrogen) atoms. The molecular weight excluding hydrogens is 482 g/mol. The number of nitrogen functional groups attached to an aromatic ring is 1. The Morgan fingerprint density at radius 1 is 1.18 bits per heavy atom. The number of carbonyl (C=O) groups excluding carboxylic acids is 2. The van der Waals surface area contributed by atoms with Crippen molar-refractivity contribution in [2.45, 2.75) is 83.8 Å². The van der Waals surface area contributed by atoms with E-state index in [0.29, 0.717) is 24.8 Å². The molecule has 2 fully saturated rings. The number of amides is 2. The Labute approximate surface area is 227 Å². The van der Waals surface area contributed by atoms with Gasteiger partial charge in [0.1, 0.15) is 6.23 Å². The van der Waals surface area contributed by atoms with Gasteiger partial charge >= 0.3 is 6.09 Å². The zero-order valence-electron chi connectivity index (χ0n) is 23.5. The van der Waals surface area contributed by atoms with Crippen LogP contribution in [0.2, 0.25) is 0 Å². The summed E-state index contributed by atoms with van der Waals surface area (Å²) in [5.41, 5.74) is 10.2. The molecule has 1 aromatic rings. The standard InChI is InChI=1S/C29H45N5O4/c1-18(2)38-29(37)33-12-10-32(11-13-33)25-7-9-27-24(17-25)16-22(19(3)34(27)20(4)35)15-23-14-21(28(36)31-5)6-8-26(23)30/h6,8,14,17-19,22,25,27-28,31,36H,7,9-13,15-16,30H2,1-5H3/t19-,22?,25?,27?,28?/m0/s1. The van der Waals surface area contributed by atoms with E-state index in [1.54, 1.807) is 18.9 Å². The van der Waals surface area contributed by atoms with Crippen molar-refractivity contribution in [3.63, 3.8) is 0 Å². The van der Waals surface area contributed by atoms with Crippen molar-refractivity contribution < 1.29 is 19.4 Å². The van der Waals surface area contributed by atoms with Crippen LogP contribution in [0.25, 0.3) is 0 Å². The number of hydrogen-bond acceptors (Lipinski definition) is 7. The smallest absolute Gasteiger partial charge is 0.410 e. The summed E-state index contributed by atoms with van der Waals surface area (Å²) in [4.78, 5) is 31.5. The maximum Gasteiger partial charge on any atom is 0.410 e. The van der Waals surface area contributed by atoms with Gasteiger partial charge in [0.2, 0.25) is 5.91 Å². The summed E-state index contributed by atoms with van der Waals surface area (Å²) in [5, 5.41) is 13.1. The highest BCUT2D eigenvalue weighted by molar-refractivity contribution is 5.75. The molecule has 2 aliphatic heterocycles. The Bertz CT molecular complexity index is 1040. The van der Waals surface area contributed by atoms with Crippen LogP contribution < -0.4 is 11.1 Å². The highest BCUT2D eigenvalue weighted by Crippen LogP contribution is 2.40. The zero-order chi connectivity index (χ0) is 27.6. The van der Waals surface area contributed by atoms with E-state index in [1.807, 2.05) is 32.0 Å². The summed E-state index contributed by atoms with van der Waals surface area (Å²) in [6.45, 7) is 10.6. The molecule has 9 nitrogen and oxygen atoms in total. The van der Waals surface area contributed by atoms with Gasteiger partial charge in [-0.3, -0.25) is 15.0 Å². The lowest BCUT2D eigenvalue weighted by Crippen LogP contribution is -2.57. The third-order valence-electron chi connectivity index (χ3n) is 8.50. The van der Waals surface area contributed by atoms with Crippen molar-refractivity contribution in [3.8, 4) is 0 Å². The van der Waals surface area contributed by atoms with Gasteiger partial charge in [-0.25, -0.2) is 4.79 Å². The maximum atomic E-state index is 12.8. The van der Waals surface area contributed by atoms with Gasteiger partial charge < -0.3 is 25.4 Å². The van der Waals surface area contributed by atoms with Gasteiger partial charge in [-0.05, 0) is 88.3 Å². The van der Waals surface area contributed by atoms with E-state index in [1.165, 1.54) is 5.57 Å². The molecule has 1 aromatic carbocycles. The Morgan fingerprint density at radius 2 is 1.89 bits per heavy atom. The number of carbonyl (C=O) groups is 2. The monoisotopic (exact) mass is 527 g/mol. The van der Waals surface area contributed by atoms with Crippen molar-refractivity contribution in [3.05, 3.63) is 41.0 Å². The minimum atomic E-state index is -0.745. The SMILES string of the molecule is CNC(O)c1ccc(N)c(CC2CC3=CC(N4CCN(C(=O)OC(C)C)CC4)CCC3N(C(C)=O)[C@H]2C)c1. The van der Waals surface area contributed by atoms with Crippen molar-refractivity contribution in [1.29, 1.82) is 0 Å². The van der Waals surface area contributed by atoms with Crippen LogP contribution in [0.5, 0.6) is 0 Å². The van der Waals surface area contributed by atoms with E-state index in [9.17, 15) is 14.7 Å². The summed E-state index contributed by atoms with van der Waals surface area (Å²) in [6.07, 6.45) is 4.93. The Hall–Kier alpha value is -2.62. The van der Waals surface area contributed by atoms with E-state index in [2.05, 4.69) is 28.1 Å². The first-order valence-electron chi connectivity index (χ1n) is 14.0. The third kappa shape index (κ3) is 6.16. The highest BCUT2D eigenvalue weighted by Gasteiger charge is 2.42. The summed E-state index contributed by atoms with van der Waals surface area (Å²) in [7, 11) is 1.72. The number of likely N-dealkylation sites (tertiary alicyclic amines) is 1. The molecule has 4 unspecified atom stereocenters. The molecule has 3 aliphatic rings. The van der Waals surface area contributed by atoms with Crippen molar-refractivity contribution in [2.24, 2.45) is 5.92 Å². The summed E-state index contributed by atoms with van der Waals surface area (Å²) < 4.78 is 5.37. The Kier molecular flexibility index (Phi) is 9.00. The van der Waals surface area contributed by atoms with Crippen LogP contribution in [-0.4, -0.2) is 89.3 Å². The number of piperidine rings is 1. The van der Waals surface area contributed by atoms with Gasteiger partial charge in [0.05, 0.1) is 12.1 Å². The summed E-state index contributed by atoms with van der Waals surface area (Å²) >= 11 is 0. The third-order valence-corrected chi connectivity index (χ3v) is 8.50. The van der Waals surface area contributed by atoms with Gasteiger partial charge in [-0.1, -0.05) is 12.1 Å². The molecule has 5 atom stereocenters. The molecule has 2 saturated heterocycles. The summed E-state index contributed by atoms with van der Waals surface area (Å²) in [6, 6.07) is 6.24. The average Bonchev–Trinajstić information content (AvgIpc) is 2.89. The minimum absolute atomic E-state index is 0.0963. The normalized spacial score (nSPS) is 27.1. The second kappa shape index (κ2) is 12.1. The van der Waals surface area contributed by atoms with Crippen molar-refractivity contribution >= 4 is 17.7 Å². The number of piperazine rings is 1. The fourth-order valence-electron chi connectivity index (χ4n) is 6.43. The molecule has 0 aromatic heterocycles. The molecule has 1 aliphatic carbocycles. The minimum Gasteiger partial charge on any atom is -0.447 e. The van der Waals surface area contributed by atoms with Crippen molar-refractivity contribution in [1.82, 2.24) is 20.0 Å². The van der Waals surface area contributed by atoms with Gasteiger partial charge in [0.15, 0.2) is 0 Å². The van der Waals surface area contributed by atoms with Gasteiger partial charge in [-0.15, -0.1) is 0 Å².